The number of nitrogens with zero attached hydrogens (tertiary/aromatic N) is 1. The fourth-order valence-corrected chi connectivity index (χ4v) is 2.93. The summed E-state index contributed by atoms with van der Waals surface area (Å²) in [5, 5.41) is 0.774. The van der Waals surface area contributed by atoms with Gasteiger partial charge in [-0.05, 0) is 30.7 Å². The highest BCUT2D eigenvalue weighted by atomic mass is 32.1. The van der Waals surface area contributed by atoms with Crippen LogP contribution in [-0.4, -0.2) is 11.0 Å². The molecule has 2 aromatic carbocycles. The number of nitrogen functional groups attached to an aromatic ring is 1. The van der Waals surface area contributed by atoms with Crippen molar-refractivity contribution in [1.29, 1.82) is 0 Å². The normalized spacial score (nSPS) is 10.7. The number of thiazole rings is 1. The lowest BCUT2D eigenvalue weighted by molar-refractivity contribution is 0.0474. The molecular formula is C16H14N2O2S. The average molecular weight is 298 g/mol. The van der Waals surface area contributed by atoms with Crippen LogP contribution in [0.3, 0.4) is 0 Å². The van der Waals surface area contributed by atoms with E-state index in [0.717, 1.165) is 20.8 Å². The Hall–Kier alpha value is -2.40. The summed E-state index contributed by atoms with van der Waals surface area (Å²) in [4.78, 5) is 16.5. The summed E-state index contributed by atoms with van der Waals surface area (Å²) < 4.78 is 6.39. The predicted octanol–water partition coefficient (Wildman–Crippen LogP) is 3.54. The van der Waals surface area contributed by atoms with Crippen LogP contribution in [0, 0.1) is 6.92 Å². The number of rotatable bonds is 3. The van der Waals surface area contributed by atoms with Crippen LogP contribution in [0.5, 0.6) is 0 Å². The first-order valence-electron chi connectivity index (χ1n) is 6.52. The van der Waals surface area contributed by atoms with Crippen molar-refractivity contribution in [2.24, 2.45) is 0 Å². The summed E-state index contributed by atoms with van der Waals surface area (Å²) in [6.07, 6.45) is 0. The van der Waals surface area contributed by atoms with Crippen molar-refractivity contribution in [3.05, 3.63) is 58.6 Å². The minimum Gasteiger partial charge on any atom is -0.455 e. The molecule has 106 valence electrons. The van der Waals surface area contributed by atoms with Crippen molar-refractivity contribution >= 4 is 33.2 Å². The predicted molar refractivity (Wildman–Crippen MR) is 84.3 cm³/mol. The fraction of sp³-hybridized carbons (Fsp3) is 0.125. The Bertz CT molecular complexity index is 778. The summed E-state index contributed by atoms with van der Waals surface area (Å²) in [7, 11) is 0. The molecule has 3 rings (SSSR count). The molecule has 0 aliphatic carbocycles. The van der Waals surface area contributed by atoms with Crippen LogP contribution >= 0.6 is 11.3 Å². The van der Waals surface area contributed by atoms with Crippen LogP contribution in [0.1, 0.15) is 20.9 Å². The number of benzene rings is 2. The van der Waals surface area contributed by atoms with Crippen molar-refractivity contribution in [3.8, 4) is 0 Å². The molecular weight excluding hydrogens is 284 g/mol. The summed E-state index contributed by atoms with van der Waals surface area (Å²) >= 11 is 1.52. The number of hydrogen-bond acceptors (Lipinski definition) is 5. The first-order valence-corrected chi connectivity index (χ1v) is 7.33. The van der Waals surface area contributed by atoms with Gasteiger partial charge in [0.2, 0.25) is 0 Å². The number of aryl methyl sites for hydroxylation is 1. The standard InChI is InChI=1S/C16H14N2O2S/c1-10-5-4-6-11(15(10)17)16(19)20-9-14-18-12-7-2-3-8-13(12)21-14/h2-8H,9,17H2,1H3. The molecule has 0 aliphatic rings. The van der Waals surface area contributed by atoms with Gasteiger partial charge in [-0.15, -0.1) is 11.3 Å². The van der Waals surface area contributed by atoms with Gasteiger partial charge in [0, 0.05) is 5.69 Å². The van der Waals surface area contributed by atoms with Crippen LogP contribution in [-0.2, 0) is 11.3 Å². The Balaban J connectivity index is 1.75. The van der Waals surface area contributed by atoms with Gasteiger partial charge in [-0.3, -0.25) is 0 Å². The largest absolute Gasteiger partial charge is 0.455 e. The van der Waals surface area contributed by atoms with Crippen molar-refractivity contribution < 1.29 is 9.53 Å². The zero-order chi connectivity index (χ0) is 14.8. The minimum absolute atomic E-state index is 0.158. The summed E-state index contributed by atoms with van der Waals surface area (Å²) in [6, 6.07) is 13.2. The van der Waals surface area contributed by atoms with E-state index in [1.807, 2.05) is 37.3 Å². The maximum absolute atomic E-state index is 12.1. The van der Waals surface area contributed by atoms with Crippen molar-refractivity contribution in [3.63, 3.8) is 0 Å². The van der Waals surface area contributed by atoms with Gasteiger partial charge in [-0.1, -0.05) is 24.3 Å². The number of anilines is 1. The zero-order valence-corrected chi connectivity index (χ0v) is 12.3. The molecule has 0 spiro atoms. The van der Waals surface area contributed by atoms with E-state index in [-0.39, 0.29) is 6.61 Å². The quantitative estimate of drug-likeness (QED) is 0.593. The van der Waals surface area contributed by atoms with E-state index in [9.17, 15) is 4.79 Å². The summed E-state index contributed by atoms with van der Waals surface area (Å²) in [5.41, 5.74) is 8.55. The van der Waals surface area contributed by atoms with Crippen molar-refractivity contribution in [2.75, 3.05) is 5.73 Å². The van der Waals surface area contributed by atoms with E-state index in [1.165, 1.54) is 11.3 Å². The molecule has 3 aromatic rings. The third-order valence-electron chi connectivity index (χ3n) is 3.21. The number of para-hydroxylation sites is 2. The van der Waals surface area contributed by atoms with Gasteiger partial charge in [-0.25, -0.2) is 9.78 Å². The van der Waals surface area contributed by atoms with E-state index < -0.39 is 5.97 Å². The number of carbonyl (C=O) groups is 1. The number of nitrogens with two attached hydrogens (primary N) is 1. The van der Waals surface area contributed by atoms with E-state index in [0.29, 0.717) is 11.3 Å². The van der Waals surface area contributed by atoms with Crippen LogP contribution < -0.4 is 5.73 Å². The Labute approximate surface area is 126 Å². The lowest BCUT2D eigenvalue weighted by atomic mass is 10.1. The van der Waals surface area contributed by atoms with Crippen molar-refractivity contribution in [2.45, 2.75) is 13.5 Å². The smallest absolute Gasteiger partial charge is 0.340 e. The first kappa shape index (κ1) is 13.6. The van der Waals surface area contributed by atoms with Crippen LogP contribution in [0.2, 0.25) is 0 Å². The number of ether oxygens (including phenoxy) is 1. The van der Waals surface area contributed by atoms with E-state index in [4.69, 9.17) is 10.5 Å². The van der Waals surface area contributed by atoms with Gasteiger partial charge in [-0.2, -0.15) is 0 Å². The minimum atomic E-state index is -0.421. The molecule has 0 aliphatic heterocycles. The number of hydrogen-bond donors (Lipinski definition) is 1. The van der Waals surface area contributed by atoms with E-state index in [2.05, 4.69) is 4.98 Å². The lowest BCUT2D eigenvalue weighted by Crippen LogP contribution is -2.09. The number of aromatic nitrogens is 1. The Morgan fingerprint density at radius 1 is 1.24 bits per heavy atom. The van der Waals surface area contributed by atoms with Gasteiger partial charge >= 0.3 is 5.97 Å². The van der Waals surface area contributed by atoms with Gasteiger partial charge in [0.1, 0.15) is 11.6 Å². The average Bonchev–Trinajstić information content (AvgIpc) is 2.90. The third kappa shape index (κ3) is 2.73. The summed E-state index contributed by atoms with van der Waals surface area (Å²) in [5.74, 6) is -0.421. The van der Waals surface area contributed by atoms with Gasteiger partial charge in [0.25, 0.3) is 0 Å². The molecule has 0 fully saturated rings. The topological polar surface area (TPSA) is 65.2 Å². The molecule has 0 bridgehead atoms. The molecule has 0 saturated heterocycles. The lowest BCUT2D eigenvalue weighted by Gasteiger charge is -2.07. The molecule has 1 heterocycles. The molecule has 4 nitrogen and oxygen atoms in total. The molecule has 1 aromatic heterocycles. The van der Waals surface area contributed by atoms with Crippen LogP contribution in [0.4, 0.5) is 5.69 Å². The van der Waals surface area contributed by atoms with Gasteiger partial charge in [0.15, 0.2) is 0 Å². The number of carbonyl (C=O) groups excluding carboxylic acids is 1. The second kappa shape index (κ2) is 5.54. The Morgan fingerprint density at radius 3 is 2.86 bits per heavy atom. The maximum Gasteiger partial charge on any atom is 0.340 e. The molecule has 0 unspecified atom stereocenters. The fourth-order valence-electron chi connectivity index (χ4n) is 2.05. The molecule has 21 heavy (non-hydrogen) atoms. The Morgan fingerprint density at radius 2 is 2.05 bits per heavy atom. The maximum atomic E-state index is 12.1. The second-order valence-electron chi connectivity index (χ2n) is 4.69. The molecule has 0 atom stereocenters. The molecule has 0 radical (unpaired) electrons. The molecule has 5 heteroatoms. The highest BCUT2D eigenvalue weighted by Crippen LogP contribution is 2.23. The highest BCUT2D eigenvalue weighted by molar-refractivity contribution is 7.18. The Kier molecular flexibility index (Phi) is 3.58. The highest BCUT2D eigenvalue weighted by Gasteiger charge is 2.13. The van der Waals surface area contributed by atoms with E-state index in [1.54, 1.807) is 12.1 Å². The van der Waals surface area contributed by atoms with Gasteiger partial charge < -0.3 is 10.5 Å². The van der Waals surface area contributed by atoms with Crippen molar-refractivity contribution in [1.82, 2.24) is 4.98 Å². The third-order valence-corrected chi connectivity index (χ3v) is 4.22. The SMILES string of the molecule is Cc1cccc(C(=O)OCc2nc3ccccc3s2)c1N. The first-order chi connectivity index (χ1) is 10.1. The monoisotopic (exact) mass is 298 g/mol. The van der Waals surface area contributed by atoms with Crippen LogP contribution in [0.25, 0.3) is 10.2 Å². The molecule has 0 amide bonds. The number of fused-ring (bicyclic) bond motifs is 1. The zero-order valence-electron chi connectivity index (χ0n) is 11.5. The van der Waals surface area contributed by atoms with Gasteiger partial charge in [0.05, 0.1) is 15.8 Å². The molecule has 2 N–H and O–H groups in total. The number of esters is 1. The van der Waals surface area contributed by atoms with E-state index >= 15 is 0 Å². The summed E-state index contributed by atoms with van der Waals surface area (Å²) in [6.45, 7) is 2.02. The second-order valence-corrected chi connectivity index (χ2v) is 5.80. The molecule has 0 saturated carbocycles. The van der Waals surface area contributed by atoms with Crippen LogP contribution in [0.15, 0.2) is 42.5 Å².